The minimum atomic E-state index is -4.39. The zero-order chi connectivity index (χ0) is 24.8. The molecule has 4 rings (SSSR count). The highest BCUT2D eigenvalue weighted by atomic mass is 19.4. The van der Waals surface area contributed by atoms with Crippen LogP contribution in [0.15, 0.2) is 42.6 Å². The predicted molar refractivity (Wildman–Crippen MR) is 123 cm³/mol. The first-order valence-electron chi connectivity index (χ1n) is 11.3. The van der Waals surface area contributed by atoms with E-state index in [9.17, 15) is 22.8 Å². The van der Waals surface area contributed by atoms with Gasteiger partial charge in [0, 0.05) is 53.8 Å². The van der Waals surface area contributed by atoms with E-state index in [1.165, 1.54) is 19.1 Å². The van der Waals surface area contributed by atoms with Crippen LogP contribution in [0.2, 0.25) is 0 Å². The summed E-state index contributed by atoms with van der Waals surface area (Å²) in [7, 11) is 0. The zero-order valence-corrected chi connectivity index (χ0v) is 19.7. The average molecular weight is 472 g/mol. The molecule has 1 aromatic carbocycles. The van der Waals surface area contributed by atoms with E-state index in [1.54, 1.807) is 23.2 Å². The number of H-pyrrole nitrogens is 1. The number of halogens is 3. The topological polar surface area (TPSA) is 58.1 Å². The lowest BCUT2D eigenvalue weighted by atomic mass is 9.81. The second kappa shape index (κ2) is 8.49. The normalized spacial score (nSPS) is 15.3. The van der Waals surface area contributed by atoms with E-state index in [-0.39, 0.29) is 11.7 Å². The Hall–Kier alpha value is -3.29. The molecule has 0 bridgehead atoms. The first-order chi connectivity index (χ1) is 15.9. The third-order valence-corrected chi connectivity index (χ3v) is 6.47. The molecule has 0 saturated heterocycles. The quantitative estimate of drug-likeness (QED) is 0.494. The van der Waals surface area contributed by atoms with Crippen LogP contribution >= 0.6 is 0 Å². The van der Waals surface area contributed by atoms with Crippen molar-refractivity contribution < 1.29 is 22.8 Å². The summed E-state index contributed by atoms with van der Waals surface area (Å²) in [5, 5.41) is 0. The van der Waals surface area contributed by atoms with Gasteiger partial charge < -0.3 is 14.5 Å². The largest absolute Gasteiger partial charge is 0.416 e. The van der Waals surface area contributed by atoms with Crippen LogP contribution in [0.3, 0.4) is 0 Å². The fourth-order valence-electron chi connectivity index (χ4n) is 5.17. The highest BCUT2D eigenvalue weighted by Gasteiger charge is 2.41. The number of hydrogen-bond acceptors (Lipinski definition) is 2. The number of nitrogens with zero attached hydrogens (tertiary/aromatic N) is 2. The molecule has 0 saturated carbocycles. The molecular formula is C26H28F3N3O2. The second-order valence-electron chi connectivity index (χ2n) is 9.47. The highest BCUT2D eigenvalue weighted by Crippen LogP contribution is 2.40. The second-order valence-corrected chi connectivity index (χ2v) is 9.47. The number of Topliss-reactive ketones (excluding diaryl/α,β-unsaturated/α-hetero) is 1. The Morgan fingerprint density at radius 1 is 1.12 bits per heavy atom. The number of carbonyl (C=O) groups is 2. The van der Waals surface area contributed by atoms with Crippen molar-refractivity contribution in [2.24, 2.45) is 0 Å². The van der Waals surface area contributed by atoms with Crippen LogP contribution in [0.1, 0.15) is 76.6 Å². The van der Waals surface area contributed by atoms with E-state index >= 15 is 0 Å². The zero-order valence-electron chi connectivity index (χ0n) is 19.7. The molecule has 3 heterocycles. The first-order valence-corrected chi connectivity index (χ1v) is 11.3. The number of amides is 1. The van der Waals surface area contributed by atoms with Crippen LogP contribution in [-0.4, -0.2) is 32.7 Å². The van der Waals surface area contributed by atoms with Gasteiger partial charge in [-0.15, -0.1) is 0 Å². The third-order valence-electron chi connectivity index (χ3n) is 6.47. The maximum absolute atomic E-state index is 13.1. The number of ketones is 1. The van der Waals surface area contributed by atoms with E-state index in [0.29, 0.717) is 37.3 Å². The van der Waals surface area contributed by atoms with Crippen LogP contribution in [0.5, 0.6) is 0 Å². The monoisotopic (exact) mass is 471 g/mol. The molecule has 180 valence electrons. The average Bonchev–Trinajstić information content (AvgIpc) is 3.39. The van der Waals surface area contributed by atoms with Crippen LogP contribution in [0.25, 0.3) is 0 Å². The van der Waals surface area contributed by atoms with Gasteiger partial charge in [-0.25, -0.2) is 0 Å². The molecule has 2 aromatic heterocycles. The van der Waals surface area contributed by atoms with Gasteiger partial charge in [0.1, 0.15) is 5.69 Å². The van der Waals surface area contributed by atoms with Gasteiger partial charge >= 0.3 is 6.18 Å². The van der Waals surface area contributed by atoms with Crippen molar-refractivity contribution in [2.75, 3.05) is 6.54 Å². The molecule has 0 unspecified atom stereocenters. The van der Waals surface area contributed by atoms with E-state index in [4.69, 9.17) is 0 Å². The van der Waals surface area contributed by atoms with Crippen molar-refractivity contribution in [3.63, 3.8) is 0 Å². The van der Waals surface area contributed by atoms with Crippen molar-refractivity contribution in [3.8, 4) is 0 Å². The molecule has 3 aromatic rings. The summed E-state index contributed by atoms with van der Waals surface area (Å²) in [6.45, 7) is 8.67. The molecule has 5 nitrogen and oxygen atoms in total. The molecule has 0 spiro atoms. The summed E-state index contributed by atoms with van der Waals surface area (Å²) in [4.78, 5) is 30.6. The maximum Gasteiger partial charge on any atom is 0.416 e. The molecule has 34 heavy (non-hydrogen) atoms. The van der Waals surface area contributed by atoms with Gasteiger partial charge in [0.25, 0.3) is 5.91 Å². The standard InChI is InChI=1S/C26H28F3N3O2/c1-5-21-22(16(2)33)19-14-31(24(34)20-7-6-12-30-20)15-25(3,4)23(19)32(21)13-17-8-10-18(11-9-17)26(27,28)29/h6-12,30H,5,13-15H2,1-4H3. The minimum Gasteiger partial charge on any atom is -0.357 e. The molecular weight excluding hydrogens is 443 g/mol. The molecule has 1 amide bonds. The Bertz CT molecular complexity index is 1220. The summed E-state index contributed by atoms with van der Waals surface area (Å²) in [6.07, 6.45) is -2.10. The van der Waals surface area contributed by atoms with Crippen LogP contribution < -0.4 is 0 Å². The number of alkyl halides is 3. The summed E-state index contributed by atoms with van der Waals surface area (Å²) in [5.41, 5.74) is 3.29. The Labute approximate surface area is 196 Å². The van der Waals surface area contributed by atoms with Gasteiger partial charge in [0.15, 0.2) is 5.78 Å². The molecule has 0 aliphatic carbocycles. The van der Waals surface area contributed by atoms with E-state index in [1.807, 2.05) is 20.8 Å². The molecule has 8 heteroatoms. The Morgan fingerprint density at radius 3 is 2.32 bits per heavy atom. The molecule has 0 atom stereocenters. The molecule has 1 aliphatic heterocycles. The van der Waals surface area contributed by atoms with Crippen LogP contribution in [0, 0.1) is 0 Å². The Balaban J connectivity index is 1.80. The van der Waals surface area contributed by atoms with Crippen molar-refractivity contribution in [1.29, 1.82) is 0 Å². The number of aromatic nitrogens is 2. The molecule has 0 radical (unpaired) electrons. The van der Waals surface area contributed by atoms with Crippen molar-refractivity contribution >= 4 is 11.7 Å². The van der Waals surface area contributed by atoms with E-state index < -0.39 is 17.2 Å². The molecule has 0 fully saturated rings. The lowest BCUT2D eigenvalue weighted by Crippen LogP contribution is -2.46. The lowest BCUT2D eigenvalue weighted by Gasteiger charge is -2.39. The number of nitrogens with one attached hydrogen (secondary N) is 1. The Kier molecular flexibility index (Phi) is 5.96. The van der Waals surface area contributed by atoms with Gasteiger partial charge in [0.2, 0.25) is 0 Å². The first kappa shape index (κ1) is 23.9. The lowest BCUT2D eigenvalue weighted by molar-refractivity contribution is -0.137. The van der Waals surface area contributed by atoms with Gasteiger partial charge in [-0.3, -0.25) is 9.59 Å². The SMILES string of the molecule is CCc1c(C(C)=O)c2c(n1Cc1ccc(C(F)(F)F)cc1)C(C)(C)CN(C(=O)c1ccc[nH]1)C2. The van der Waals surface area contributed by atoms with Crippen molar-refractivity contribution in [3.05, 3.63) is 81.9 Å². The number of hydrogen-bond donors (Lipinski definition) is 1. The number of rotatable bonds is 5. The third kappa shape index (κ3) is 4.17. The van der Waals surface area contributed by atoms with Crippen molar-refractivity contribution in [2.45, 2.75) is 58.8 Å². The number of fused-ring (bicyclic) bond motifs is 1. The van der Waals surface area contributed by atoms with E-state index in [0.717, 1.165) is 34.6 Å². The van der Waals surface area contributed by atoms with E-state index in [2.05, 4.69) is 9.55 Å². The molecule has 1 aliphatic rings. The number of benzene rings is 1. The van der Waals surface area contributed by atoms with Gasteiger partial charge in [-0.2, -0.15) is 13.2 Å². The summed E-state index contributed by atoms with van der Waals surface area (Å²) in [5.74, 6) is -0.212. The van der Waals surface area contributed by atoms with Crippen LogP contribution in [-0.2, 0) is 31.1 Å². The molecule has 1 N–H and O–H groups in total. The van der Waals surface area contributed by atoms with Gasteiger partial charge in [-0.1, -0.05) is 32.9 Å². The summed E-state index contributed by atoms with van der Waals surface area (Å²) < 4.78 is 41.1. The number of aromatic amines is 1. The summed E-state index contributed by atoms with van der Waals surface area (Å²) in [6, 6.07) is 8.64. The van der Waals surface area contributed by atoms with Gasteiger partial charge in [-0.05, 0) is 43.2 Å². The maximum atomic E-state index is 13.1. The highest BCUT2D eigenvalue weighted by molar-refractivity contribution is 5.98. The van der Waals surface area contributed by atoms with Crippen molar-refractivity contribution in [1.82, 2.24) is 14.5 Å². The Morgan fingerprint density at radius 2 is 1.79 bits per heavy atom. The van der Waals surface area contributed by atoms with Gasteiger partial charge in [0.05, 0.1) is 5.56 Å². The minimum absolute atomic E-state index is 0.0794. The predicted octanol–water partition coefficient (Wildman–Crippen LogP) is 5.58. The number of carbonyl (C=O) groups excluding carboxylic acids is 2. The fraction of sp³-hybridized carbons (Fsp3) is 0.385. The fourth-order valence-corrected chi connectivity index (χ4v) is 5.17. The van der Waals surface area contributed by atoms with Crippen LogP contribution in [0.4, 0.5) is 13.2 Å². The smallest absolute Gasteiger partial charge is 0.357 e. The summed E-state index contributed by atoms with van der Waals surface area (Å²) >= 11 is 0.